The van der Waals surface area contributed by atoms with Crippen molar-refractivity contribution in [2.75, 3.05) is 7.11 Å². The summed E-state index contributed by atoms with van der Waals surface area (Å²) < 4.78 is 6.94. The maximum Gasteiger partial charge on any atom is 0.328 e. The van der Waals surface area contributed by atoms with Crippen LogP contribution in [0.1, 0.15) is 44.9 Å². The van der Waals surface area contributed by atoms with Gasteiger partial charge in [0.25, 0.3) is 5.91 Å². The van der Waals surface area contributed by atoms with Gasteiger partial charge in [0.15, 0.2) is 5.69 Å². The van der Waals surface area contributed by atoms with Crippen LogP contribution in [0.4, 0.5) is 0 Å². The molecule has 1 amide bonds. The standard InChI is InChI=1S/C25H25N3O3/c1-16-10-12-19(13-11-16)28-21-9-5-8-20(21)23(26-28)24(29)27-15-18-7-4-3-6-17(18)14-22(27)25(30)31-2/h3-4,6-7,10-13,22H,5,8-9,14-15H2,1-2H3. The quantitative estimate of drug-likeness (QED) is 0.615. The minimum Gasteiger partial charge on any atom is -0.467 e. The predicted octanol–water partition coefficient (Wildman–Crippen LogP) is 3.41. The average Bonchev–Trinajstić information content (AvgIpc) is 3.41. The third kappa shape index (κ3) is 3.32. The number of nitrogens with zero attached hydrogens (tertiary/aromatic N) is 3. The van der Waals surface area contributed by atoms with Crippen molar-refractivity contribution in [1.29, 1.82) is 0 Å². The summed E-state index contributed by atoms with van der Waals surface area (Å²) in [5.41, 5.74) is 6.84. The zero-order valence-corrected chi connectivity index (χ0v) is 17.8. The van der Waals surface area contributed by atoms with E-state index in [1.165, 1.54) is 12.7 Å². The summed E-state index contributed by atoms with van der Waals surface area (Å²) >= 11 is 0. The molecular formula is C25H25N3O3. The van der Waals surface area contributed by atoms with Crippen LogP contribution in [0.15, 0.2) is 48.5 Å². The SMILES string of the molecule is COC(=O)C1Cc2ccccc2CN1C(=O)c1nn(-c2ccc(C)cc2)c2c1CCC2. The van der Waals surface area contributed by atoms with Gasteiger partial charge in [0.05, 0.1) is 12.8 Å². The van der Waals surface area contributed by atoms with Crippen LogP contribution in [-0.4, -0.2) is 39.7 Å². The van der Waals surface area contributed by atoms with Gasteiger partial charge in [-0.15, -0.1) is 0 Å². The van der Waals surface area contributed by atoms with Crippen LogP contribution in [-0.2, 0) is 35.3 Å². The van der Waals surface area contributed by atoms with Crippen molar-refractivity contribution in [2.45, 2.75) is 45.2 Å². The molecule has 0 N–H and O–H groups in total. The van der Waals surface area contributed by atoms with Crippen LogP contribution in [0.2, 0.25) is 0 Å². The van der Waals surface area contributed by atoms with E-state index in [0.29, 0.717) is 18.7 Å². The van der Waals surface area contributed by atoms with Gasteiger partial charge in [0.1, 0.15) is 6.04 Å². The minimum absolute atomic E-state index is 0.200. The molecule has 2 aliphatic rings. The lowest BCUT2D eigenvalue weighted by atomic mass is 9.93. The number of ether oxygens (including phenoxy) is 1. The number of amides is 1. The van der Waals surface area contributed by atoms with Gasteiger partial charge in [-0.05, 0) is 49.4 Å². The van der Waals surface area contributed by atoms with Crippen LogP contribution in [0.3, 0.4) is 0 Å². The van der Waals surface area contributed by atoms with Crippen molar-refractivity contribution in [3.63, 3.8) is 0 Å². The first-order valence-corrected chi connectivity index (χ1v) is 10.7. The molecule has 0 radical (unpaired) electrons. The molecule has 1 aliphatic carbocycles. The van der Waals surface area contributed by atoms with Gasteiger partial charge < -0.3 is 9.64 Å². The largest absolute Gasteiger partial charge is 0.467 e. The highest BCUT2D eigenvalue weighted by atomic mass is 16.5. The van der Waals surface area contributed by atoms with E-state index >= 15 is 0 Å². The number of hydrogen-bond donors (Lipinski definition) is 0. The Morgan fingerprint density at radius 2 is 1.77 bits per heavy atom. The first kappa shape index (κ1) is 19.5. The van der Waals surface area contributed by atoms with Gasteiger partial charge >= 0.3 is 5.97 Å². The molecule has 0 fully saturated rings. The fourth-order valence-electron chi connectivity index (χ4n) is 4.73. The highest BCUT2D eigenvalue weighted by molar-refractivity contribution is 5.97. The van der Waals surface area contributed by atoms with Gasteiger partial charge in [0.2, 0.25) is 0 Å². The zero-order chi connectivity index (χ0) is 21.5. The summed E-state index contributed by atoms with van der Waals surface area (Å²) in [5.74, 6) is -0.591. The molecule has 6 nitrogen and oxygen atoms in total. The van der Waals surface area contributed by atoms with Gasteiger partial charge in [0, 0.05) is 24.2 Å². The van der Waals surface area contributed by atoms with E-state index in [4.69, 9.17) is 9.84 Å². The molecule has 1 aliphatic heterocycles. The molecule has 1 unspecified atom stereocenters. The highest BCUT2D eigenvalue weighted by Gasteiger charge is 2.38. The number of rotatable bonds is 3. The number of aromatic nitrogens is 2. The normalized spacial score (nSPS) is 17.2. The number of carbonyl (C=O) groups excluding carboxylic acids is 2. The van der Waals surface area contributed by atoms with Gasteiger partial charge in [-0.3, -0.25) is 4.79 Å². The third-order valence-corrected chi connectivity index (χ3v) is 6.39. The van der Waals surface area contributed by atoms with E-state index in [0.717, 1.165) is 47.3 Å². The topological polar surface area (TPSA) is 64.4 Å². The lowest BCUT2D eigenvalue weighted by Gasteiger charge is -2.34. The van der Waals surface area contributed by atoms with E-state index < -0.39 is 12.0 Å². The fraction of sp³-hybridized carbons (Fsp3) is 0.320. The van der Waals surface area contributed by atoms with Gasteiger partial charge in [-0.25, -0.2) is 9.48 Å². The Labute approximate surface area is 181 Å². The molecule has 2 heterocycles. The molecule has 1 aromatic heterocycles. The Bertz CT molecular complexity index is 1160. The number of benzene rings is 2. The van der Waals surface area contributed by atoms with Crippen molar-refractivity contribution in [1.82, 2.24) is 14.7 Å². The van der Waals surface area contributed by atoms with Crippen LogP contribution in [0.5, 0.6) is 0 Å². The smallest absolute Gasteiger partial charge is 0.328 e. The Hall–Kier alpha value is -3.41. The molecule has 3 aromatic rings. The number of esters is 1. The molecule has 1 atom stereocenters. The molecule has 158 valence electrons. The first-order valence-electron chi connectivity index (χ1n) is 10.7. The van der Waals surface area contributed by atoms with Crippen molar-refractivity contribution < 1.29 is 14.3 Å². The summed E-state index contributed by atoms with van der Waals surface area (Å²) in [6.45, 7) is 2.42. The number of methoxy groups -OCH3 is 1. The zero-order valence-electron chi connectivity index (χ0n) is 17.8. The van der Waals surface area contributed by atoms with Crippen molar-refractivity contribution in [3.05, 3.63) is 82.2 Å². The lowest BCUT2D eigenvalue weighted by molar-refractivity contribution is -0.146. The van der Waals surface area contributed by atoms with Crippen LogP contribution in [0.25, 0.3) is 5.69 Å². The second kappa shape index (κ2) is 7.69. The van der Waals surface area contributed by atoms with Gasteiger partial charge in [-0.2, -0.15) is 5.10 Å². The van der Waals surface area contributed by atoms with Crippen molar-refractivity contribution in [2.24, 2.45) is 0 Å². The fourth-order valence-corrected chi connectivity index (χ4v) is 4.73. The second-order valence-corrected chi connectivity index (χ2v) is 8.32. The van der Waals surface area contributed by atoms with Crippen molar-refractivity contribution >= 4 is 11.9 Å². The summed E-state index contributed by atoms with van der Waals surface area (Å²) in [5, 5.41) is 4.76. The average molecular weight is 415 g/mol. The lowest BCUT2D eigenvalue weighted by Crippen LogP contribution is -2.49. The molecule has 0 bridgehead atoms. The van der Waals surface area contributed by atoms with Gasteiger partial charge in [-0.1, -0.05) is 42.0 Å². The number of aryl methyl sites for hydroxylation is 1. The summed E-state index contributed by atoms with van der Waals surface area (Å²) in [7, 11) is 1.37. The van der Waals surface area contributed by atoms with Crippen LogP contribution in [0, 0.1) is 6.92 Å². The Kier molecular flexibility index (Phi) is 4.85. The maximum absolute atomic E-state index is 13.7. The van der Waals surface area contributed by atoms with E-state index in [-0.39, 0.29) is 5.91 Å². The number of carbonyl (C=O) groups is 2. The molecule has 0 spiro atoms. The van der Waals surface area contributed by atoms with Crippen LogP contribution >= 0.6 is 0 Å². The Balaban J connectivity index is 1.55. The Morgan fingerprint density at radius 3 is 2.52 bits per heavy atom. The molecule has 0 saturated heterocycles. The van der Waals surface area contributed by atoms with E-state index in [1.54, 1.807) is 4.90 Å². The molecule has 6 heteroatoms. The van der Waals surface area contributed by atoms with E-state index in [1.807, 2.05) is 48.0 Å². The summed E-state index contributed by atoms with van der Waals surface area (Å²) in [6, 6.07) is 15.5. The molecule has 5 rings (SSSR count). The maximum atomic E-state index is 13.7. The second-order valence-electron chi connectivity index (χ2n) is 8.32. The van der Waals surface area contributed by atoms with E-state index in [9.17, 15) is 9.59 Å². The summed E-state index contributed by atoms with van der Waals surface area (Å²) in [6.07, 6.45) is 3.18. The molecule has 31 heavy (non-hydrogen) atoms. The minimum atomic E-state index is -0.644. The number of hydrogen-bond acceptors (Lipinski definition) is 4. The monoisotopic (exact) mass is 415 g/mol. The molecule has 0 saturated carbocycles. The number of fused-ring (bicyclic) bond motifs is 2. The molecular weight excluding hydrogens is 390 g/mol. The van der Waals surface area contributed by atoms with Crippen LogP contribution < -0.4 is 0 Å². The Morgan fingerprint density at radius 1 is 1.03 bits per heavy atom. The summed E-state index contributed by atoms with van der Waals surface area (Å²) in [4.78, 5) is 27.9. The highest BCUT2D eigenvalue weighted by Crippen LogP contribution is 2.31. The first-order chi connectivity index (χ1) is 15.1. The predicted molar refractivity (Wildman–Crippen MR) is 116 cm³/mol. The molecule has 2 aromatic carbocycles. The van der Waals surface area contributed by atoms with Crippen molar-refractivity contribution in [3.8, 4) is 5.69 Å². The third-order valence-electron chi connectivity index (χ3n) is 6.39. The van der Waals surface area contributed by atoms with E-state index in [2.05, 4.69) is 12.1 Å².